The van der Waals surface area contributed by atoms with Gasteiger partial charge in [0.2, 0.25) is 5.91 Å². The molecule has 0 heterocycles. The molecule has 2 N–H and O–H groups in total. The standard InChI is InChI=1S/C17H24N2O2/c1-21-13-8-6-12(7-9-13)19(11-3-10-18)17(20)16-14-4-2-5-15(14)16/h6-9,14-16H,2-5,10-11,18H2,1H3. The van der Waals surface area contributed by atoms with E-state index in [1.165, 1.54) is 19.3 Å². The van der Waals surface area contributed by atoms with Gasteiger partial charge in [0.25, 0.3) is 0 Å². The number of nitrogens with two attached hydrogens (primary N) is 1. The number of methoxy groups -OCH3 is 1. The van der Waals surface area contributed by atoms with Gasteiger partial charge in [-0.1, -0.05) is 6.42 Å². The summed E-state index contributed by atoms with van der Waals surface area (Å²) in [6.45, 7) is 1.31. The van der Waals surface area contributed by atoms with E-state index in [0.717, 1.165) is 17.9 Å². The molecule has 2 fully saturated rings. The van der Waals surface area contributed by atoms with Crippen molar-refractivity contribution in [2.24, 2.45) is 23.5 Å². The molecule has 2 saturated carbocycles. The van der Waals surface area contributed by atoms with Gasteiger partial charge in [-0.25, -0.2) is 0 Å². The maximum absolute atomic E-state index is 12.8. The molecule has 2 aliphatic carbocycles. The van der Waals surface area contributed by atoms with Gasteiger partial charge in [-0.3, -0.25) is 4.79 Å². The monoisotopic (exact) mass is 288 g/mol. The summed E-state index contributed by atoms with van der Waals surface area (Å²) in [7, 11) is 1.65. The molecule has 2 atom stereocenters. The van der Waals surface area contributed by atoms with Crippen LogP contribution >= 0.6 is 0 Å². The molecular weight excluding hydrogens is 264 g/mol. The molecule has 0 bridgehead atoms. The Labute approximate surface area is 126 Å². The Morgan fingerprint density at radius 2 is 1.95 bits per heavy atom. The molecule has 4 nitrogen and oxygen atoms in total. The fourth-order valence-corrected chi connectivity index (χ4v) is 3.75. The Hall–Kier alpha value is -1.55. The van der Waals surface area contributed by atoms with Crippen molar-refractivity contribution in [2.45, 2.75) is 25.7 Å². The van der Waals surface area contributed by atoms with Crippen LogP contribution in [0.25, 0.3) is 0 Å². The summed E-state index contributed by atoms with van der Waals surface area (Å²) in [5, 5.41) is 0. The smallest absolute Gasteiger partial charge is 0.230 e. The number of fused-ring (bicyclic) bond motifs is 1. The molecular formula is C17H24N2O2. The van der Waals surface area contributed by atoms with Crippen molar-refractivity contribution in [1.82, 2.24) is 0 Å². The first-order valence-electron chi connectivity index (χ1n) is 7.91. The number of hydrogen-bond acceptors (Lipinski definition) is 3. The lowest BCUT2D eigenvalue weighted by Gasteiger charge is -2.24. The normalized spacial score (nSPS) is 26.3. The van der Waals surface area contributed by atoms with E-state index in [-0.39, 0.29) is 5.92 Å². The summed E-state index contributed by atoms with van der Waals surface area (Å²) in [4.78, 5) is 14.8. The molecule has 4 heteroatoms. The van der Waals surface area contributed by atoms with Crippen LogP contribution in [0.1, 0.15) is 25.7 Å². The van der Waals surface area contributed by atoms with Crippen LogP contribution in [0.3, 0.4) is 0 Å². The number of nitrogens with zero attached hydrogens (tertiary/aromatic N) is 1. The lowest BCUT2D eigenvalue weighted by atomic mass is 10.1. The number of carbonyl (C=O) groups is 1. The summed E-state index contributed by atoms with van der Waals surface area (Å²) in [6, 6.07) is 7.74. The second kappa shape index (κ2) is 6.06. The first-order valence-corrected chi connectivity index (χ1v) is 7.91. The number of anilines is 1. The quantitative estimate of drug-likeness (QED) is 0.874. The number of amides is 1. The number of hydrogen-bond donors (Lipinski definition) is 1. The van der Waals surface area contributed by atoms with Crippen LogP contribution in [0.5, 0.6) is 5.75 Å². The van der Waals surface area contributed by atoms with Crippen molar-refractivity contribution in [3.8, 4) is 5.75 Å². The summed E-state index contributed by atoms with van der Waals surface area (Å²) < 4.78 is 5.19. The molecule has 0 radical (unpaired) electrons. The topological polar surface area (TPSA) is 55.6 Å². The van der Waals surface area contributed by atoms with Crippen LogP contribution in [0, 0.1) is 17.8 Å². The van der Waals surface area contributed by atoms with E-state index < -0.39 is 0 Å². The minimum atomic E-state index is 0.263. The molecule has 0 saturated heterocycles. The molecule has 114 valence electrons. The van der Waals surface area contributed by atoms with E-state index in [2.05, 4.69) is 0 Å². The molecule has 1 amide bonds. The Morgan fingerprint density at radius 1 is 1.29 bits per heavy atom. The minimum Gasteiger partial charge on any atom is -0.497 e. The van der Waals surface area contributed by atoms with Gasteiger partial charge in [0.05, 0.1) is 7.11 Å². The van der Waals surface area contributed by atoms with Crippen LogP contribution in [0.15, 0.2) is 24.3 Å². The zero-order chi connectivity index (χ0) is 14.8. The maximum atomic E-state index is 12.8. The number of ether oxygens (including phenoxy) is 1. The fraction of sp³-hybridized carbons (Fsp3) is 0.588. The highest BCUT2D eigenvalue weighted by Gasteiger charge is 2.57. The number of rotatable bonds is 6. The summed E-state index contributed by atoms with van der Waals surface area (Å²) in [5.74, 6) is 2.67. The van der Waals surface area contributed by atoms with Crippen molar-refractivity contribution in [2.75, 3.05) is 25.1 Å². The maximum Gasteiger partial charge on any atom is 0.230 e. The molecule has 1 aromatic carbocycles. The first-order chi connectivity index (χ1) is 10.3. The van der Waals surface area contributed by atoms with E-state index in [0.29, 0.717) is 30.8 Å². The Bertz CT molecular complexity index is 490. The van der Waals surface area contributed by atoms with E-state index in [1.54, 1.807) is 7.11 Å². The van der Waals surface area contributed by atoms with Gasteiger partial charge in [-0.2, -0.15) is 0 Å². The third-order valence-electron chi connectivity index (χ3n) is 4.93. The third kappa shape index (κ3) is 2.77. The van der Waals surface area contributed by atoms with Crippen molar-refractivity contribution < 1.29 is 9.53 Å². The molecule has 0 aromatic heterocycles. The average molecular weight is 288 g/mol. The van der Waals surface area contributed by atoms with Gasteiger partial charge in [-0.05, 0) is 61.9 Å². The number of carbonyl (C=O) groups excluding carboxylic acids is 1. The van der Waals surface area contributed by atoms with Crippen molar-refractivity contribution in [1.29, 1.82) is 0 Å². The van der Waals surface area contributed by atoms with Crippen molar-refractivity contribution >= 4 is 11.6 Å². The predicted molar refractivity (Wildman–Crippen MR) is 83.3 cm³/mol. The van der Waals surface area contributed by atoms with Gasteiger partial charge in [0.15, 0.2) is 0 Å². The Morgan fingerprint density at radius 3 is 2.52 bits per heavy atom. The molecule has 2 aliphatic rings. The molecule has 2 unspecified atom stereocenters. The summed E-state index contributed by atoms with van der Waals surface area (Å²) in [6.07, 6.45) is 4.59. The SMILES string of the molecule is COc1ccc(N(CCCN)C(=O)C2C3CCCC32)cc1. The van der Waals surface area contributed by atoms with E-state index in [1.807, 2.05) is 29.2 Å². The molecule has 3 rings (SSSR count). The molecule has 1 aromatic rings. The average Bonchev–Trinajstić information content (AvgIpc) is 3.00. The van der Waals surface area contributed by atoms with Crippen LogP contribution in [0.4, 0.5) is 5.69 Å². The van der Waals surface area contributed by atoms with Crippen molar-refractivity contribution in [3.63, 3.8) is 0 Å². The second-order valence-corrected chi connectivity index (χ2v) is 6.11. The van der Waals surface area contributed by atoms with Gasteiger partial charge in [0, 0.05) is 18.2 Å². The largest absolute Gasteiger partial charge is 0.497 e. The van der Waals surface area contributed by atoms with E-state index in [4.69, 9.17) is 10.5 Å². The van der Waals surface area contributed by atoms with E-state index >= 15 is 0 Å². The van der Waals surface area contributed by atoms with Crippen LogP contribution < -0.4 is 15.4 Å². The van der Waals surface area contributed by atoms with Crippen LogP contribution in [0.2, 0.25) is 0 Å². The summed E-state index contributed by atoms with van der Waals surface area (Å²) in [5.41, 5.74) is 6.58. The van der Waals surface area contributed by atoms with Gasteiger partial charge in [-0.15, -0.1) is 0 Å². The summed E-state index contributed by atoms with van der Waals surface area (Å²) >= 11 is 0. The highest BCUT2D eigenvalue weighted by atomic mass is 16.5. The van der Waals surface area contributed by atoms with Gasteiger partial charge >= 0.3 is 0 Å². The van der Waals surface area contributed by atoms with Crippen molar-refractivity contribution in [3.05, 3.63) is 24.3 Å². The Kier molecular flexibility index (Phi) is 4.15. The molecule has 0 aliphatic heterocycles. The molecule has 0 spiro atoms. The van der Waals surface area contributed by atoms with Crippen LogP contribution in [-0.2, 0) is 4.79 Å². The van der Waals surface area contributed by atoms with Gasteiger partial charge < -0.3 is 15.4 Å². The zero-order valence-electron chi connectivity index (χ0n) is 12.6. The lowest BCUT2D eigenvalue weighted by Crippen LogP contribution is -2.35. The fourth-order valence-electron chi connectivity index (χ4n) is 3.75. The highest BCUT2D eigenvalue weighted by Crippen LogP contribution is 2.58. The van der Waals surface area contributed by atoms with Crippen LogP contribution in [-0.4, -0.2) is 26.1 Å². The predicted octanol–water partition coefficient (Wildman–Crippen LogP) is 2.42. The highest BCUT2D eigenvalue weighted by molar-refractivity contribution is 5.97. The number of benzene rings is 1. The molecule has 21 heavy (non-hydrogen) atoms. The zero-order valence-corrected chi connectivity index (χ0v) is 12.6. The van der Waals surface area contributed by atoms with Gasteiger partial charge in [0.1, 0.15) is 5.75 Å². The first kappa shape index (κ1) is 14.4. The lowest BCUT2D eigenvalue weighted by molar-refractivity contribution is -0.120. The second-order valence-electron chi connectivity index (χ2n) is 6.11. The minimum absolute atomic E-state index is 0.263. The van der Waals surface area contributed by atoms with E-state index in [9.17, 15) is 4.79 Å². The third-order valence-corrected chi connectivity index (χ3v) is 4.93. The Balaban J connectivity index is 1.74.